The molecular weight excluding hydrogens is 552 g/mol. The summed E-state index contributed by atoms with van der Waals surface area (Å²) in [5, 5.41) is 3.63. The second-order valence-corrected chi connectivity index (χ2v) is 11.3. The summed E-state index contributed by atoms with van der Waals surface area (Å²) in [5.74, 6) is 0.0589. The van der Waals surface area contributed by atoms with Crippen LogP contribution in [0.3, 0.4) is 0 Å². The Morgan fingerprint density at radius 3 is 2.30 bits per heavy atom. The van der Waals surface area contributed by atoms with E-state index < -0.39 is 11.6 Å². The maximum atomic E-state index is 13.7. The molecule has 3 aromatic rings. The van der Waals surface area contributed by atoms with Crippen LogP contribution in [0.1, 0.15) is 44.4 Å². The van der Waals surface area contributed by atoms with Crippen LogP contribution in [-0.2, 0) is 29.0 Å². The Bertz CT molecular complexity index is 1210. The van der Waals surface area contributed by atoms with E-state index in [-0.39, 0.29) is 25.0 Å². The monoisotopic (exact) mass is 584 g/mol. The minimum Gasteiger partial charge on any atom is -0.483 e. The number of amides is 2. The molecule has 1 atom stereocenters. The molecule has 0 radical (unpaired) electrons. The highest BCUT2D eigenvalue weighted by Crippen LogP contribution is 2.27. The molecule has 0 heterocycles. The topological polar surface area (TPSA) is 58.6 Å². The highest BCUT2D eigenvalue weighted by atomic mass is 79.9. The van der Waals surface area contributed by atoms with Crippen LogP contribution in [0.2, 0.25) is 5.02 Å². The maximum absolute atomic E-state index is 13.7. The Morgan fingerprint density at radius 1 is 0.973 bits per heavy atom. The van der Waals surface area contributed by atoms with Crippen molar-refractivity contribution in [3.05, 3.63) is 99.0 Å². The number of ether oxygens (including phenoxy) is 1. The van der Waals surface area contributed by atoms with Gasteiger partial charge in [-0.15, -0.1) is 0 Å². The third kappa shape index (κ3) is 8.90. The number of carbonyl (C=O) groups is 2. The first kappa shape index (κ1) is 28.7. The first-order valence-corrected chi connectivity index (χ1v) is 13.5. The van der Waals surface area contributed by atoms with E-state index in [1.165, 1.54) is 0 Å². The van der Waals surface area contributed by atoms with Gasteiger partial charge in [0.25, 0.3) is 5.91 Å². The van der Waals surface area contributed by atoms with E-state index in [1.54, 1.807) is 11.0 Å². The molecule has 2 amide bonds. The van der Waals surface area contributed by atoms with E-state index in [0.717, 1.165) is 27.6 Å². The molecule has 0 aliphatic carbocycles. The summed E-state index contributed by atoms with van der Waals surface area (Å²) in [5.41, 5.74) is 2.49. The summed E-state index contributed by atoms with van der Waals surface area (Å²) < 4.78 is 6.71. The van der Waals surface area contributed by atoms with Crippen molar-refractivity contribution in [3.63, 3.8) is 0 Å². The van der Waals surface area contributed by atoms with Crippen molar-refractivity contribution < 1.29 is 14.3 Å². The summed E-state index contributed by atoms with van der Waals surface area (Å²) in [6.45, 7) is 7.86. The summed E-state index contributed by atoms with van der Waals surface area (Å²) in [6.07, 6.45) is 1.26. The highest BCUT2D eigenvalue weighted by molar-refractivity contribution is 9.10. The lowest BCUT2D eigenvalue weighted by Gasteiger charge is -2.33. The lowest BCUT2D eigenvalue weighted by molar-refractivity contribution is -0.143. The van der Waals surface area contributed by atoms with Gasteiger partial charge >= 0.3 is 0 Å². The second kappa shape index (κ2) is 13.1. The molecule has 0 bridgehead atoms. The van der Waals surface area contributed by atoms with Gasteiger partial charge in [-0.3, -0.25) is 9.59 Å². The average Bonchev–Trinajstić information content (AvgIpc) is 2.84. The summed E-state index contributed by atoms with van der Waals surface area (Å²) in [4.78, 5) is 28.9. The highest BCUT2D eigenvalue weighted by Gasteiger charge is 2.32. The predicted molar refractivity (Wildman–Crippen MR) is 153 cm³/mol. The van der Waals surface area contributed by atoms with Gasteiger partial charge in [0.05, 0.1) is 4.47 Å². The molecule has 0 saturated carbocycles. The number of halogens is 2. The third-order valence-electron chi connectivity index (χ3n) is 5.77. The van der Waals surface area contributed by atoms with E-state index in [0.29, 0.717) is 17.2 Å². The largest absolute Gasteiger partial charge is 0.483 e. The summed E-state index contributed by atoms with van der Waals surface area (Å²) in [6, 6.07) is 22.1. The molecule has 0 aromatic heterocycles. The fourth-order valence-electron chi connectivity index (χ4n) is 3.94. The third-order valence-corrected chi connectivity index (χ3v) is 6.62. The molecule has 0 aliphatic rings. The van der Waals surface area contributed by atoms with Crippen LogP contribution in [-0.4, -0.2) is 34.9 Å². The van der Waals surface area contributed by atoms with Crippen molar-refractivity contribution in [2.45, 2.75) is 58.7 Å². The number of nitrogens with one attached hydrogen (secondary N) is 1. The van der Waals surface area contributed by atoms with Crippen LogP contribution in [0, 0.1) is 0 Å². The minimum atomic E-state index is -0.748. The molecule has 7 heteroatoms. The van der Waals surface area contributed by atoms with E-state index in [4.69, 9.17) is 16.3 Å². The molecule has 1 N–H and O–H groups in total. The first-order valence-electron chi connectivity index (χ1n) is 12.4. The Balaban J connectivity index is 1.93. The molecule has 0 unspecified atom stereocenters. The molecule has 0 aliphatic heterocycles. The Hall–Kier alpha value is -2.83. The Kier molecular flexibility index (Phi) is 10.2. The summed E-state index contributed by atoms with van der Waals surface area (Å²) >= 11 is 9.78. The van der Waals surface area contributed by atoms with E-state index >= 15 is 0 Å². The van der Waals surface area contributed by atoms with Crippen molar-refractivity contribution in [2.75, 3.05) is 6.61 Å². The lowest BCUT2D eigenvalue weighted by atomic mass is 10.0. The maximum Gasteiger partial charge on any atom is 0.261 e. The van der Waals surface area contributed by atoms with Gasteiger partial charge < -0.3 is 15.0 Å². The molecule has 5 nitrogen and oxygen atoms in total. The number of rotatable bonds is 10. The van der Waals surface area contributed by atoms with Gasteiger partial charge in [-0.1, -0.05) is 67.1 Å². The van der Waals surface area contributed by atoms with Crippen molar-refractivity contribution in [1.29, 1.82) is 0 Å². The molecule has 3 rings (SSSR count). The van der Waals surface area contributed by atoms with Crippen molar-refractivity contribution in [2.24, 2.45) is 0 Å². The average molecular weight is 586 g/mol. The van der Waals surface area contributed by atoms with E-state index in [2.05, 4.69) is 28.2 Å². The van der Waals surface area contributed by atoms with Gasteiger partial charge in [0.15, 0.2) is 6.61 Å². The van der Waals surface area contributed by atoms with Gasteiger partial charge in [-0.05, 0) is 84.1 Å². The zero-order valence-electron chi connectivity index (χ0n) is 21.8. The molecule has 0 fully saturated rings. The fraction of sp³-hybridized carbons (Fsp3) is 0.333. The van der Waals surface area contributed by atoms with Gasteiger partial charge in [-0.25, -0.2) is 0 Å². The van der Waals surface area contributed by atoms with E-state index in [1.807, 2.05) is 87.5 Å². The second-order valence-electron chi connectivity index (χ2n) is 10.0. The van der Waals surface area contributed by atoms with Gasteiger partial charge in [0.2, 0.25) is 5.91 Å². The number of benzene rings is 3. The Labute approximate surface area is 233 Å². The zero-order chi connectivity index (χ0) is 27.0. The molecule has 0 saturated heterocycles. The lowest BCUT2D eigenvalue weighted by Crippen LogP contribution is -2.55. The molecular formula is C30H34BrClN2O3. The number of nitrogens with zero attached hydrogens (tertiary/aromatic N) is 1. The quantitative estimate of drug-likeness (QED) is 0.292. The number of hydrogen-bond donors (Lipinski definition) is 1. The molecule has 0 spiro atoms. The predicted octanol–water partition coefficient (Wildman–Crippen LogP) is 6.60. The number of carbonyl (C=O) groups excluding carboxylic acids is 2. The van der Waals surface area contributed by atoms with E-state index in [9.17, 15) is 9.59 Å². The van der Waals surface area contributed by atoms with Gasteiger partial charge in [0.1, 0.15) is 11.8 Å². The SMILES string of the molecule is CCc1ccc(OCC(=O)N(Cc2cccc(Cl)c2)[C@H](Cc2ccccc2)C(=O)NC(C)(C)C)c(Br)c1. The number of aryl methyl sites for hydroxylation is 1. The number of hydrogen-bond acceptors (Lipinski definition) is 3. The van der Waals surface area contributed by atoms with Crippen LogP contribution < -0.4 is 10.1 Å². The smallest absolute Gasteiger partial charge is 0.261 e. The van der Waals surface area contributed by atoms with Crippen LogP contribution in [0.5, 0.6) is 5.75 Å². The van der Waals surface area contributed by atoms with Crippen molar-refractivity contribution in [1.82, 2.24) is 10.2 Å². The van der Waals surface area contributed by atoms with Crippen molar-refractivity contribution >= 4 is 39.3 Å². The van der Waals surface area contributed by atoms with Gasteiger partial charge in [0, 0.05) is 23.5 Å². The zero-order valence-corrected chi connectivity index (χ0v) is 24.1. The van der Waals surface area contributed by atoms with Crippen LogP contribution in [0.15, 0.2) is 77.3 Å². The molecule has 196 valence electrons. The fourth-order valence-corrected chi connectivity index (χ4v) is 4.70. The van der Waals surface area contributed by atoms with Crippen LogP contribution >= 0.6 is 27.5 Å². The first-order chi connectivity index (χ1) is 17.6. The van der Waals surface area contributed by atoms with Gasteiger partial charge in [-0.2, -0.15) is 0 Å². The molecule has 37 heavy (non-hydrogen) atoms. The summed E-state index contributed by atoms with van der Waals surface area (Å²) in [7, 11) is 0. The normalized spacial score (nSPS) is 12.1. The van der Waals surface area contributed by atoms with Crippen molar-refractivity contribution in [3.8, 4) is 5.75 Å². The van der Waals surface area contributed by atoms with Crippen LogP contribution in [0.25, 0.3) is 0 Å². The Morgan fingerprint density at radius 2 is 1.68 bits per heavy atom. The van der Waals surface area contributed by atoms with Crippen LogP contribution in [0.4, 0.5) is 0 Å². The molecule has 3 aromatic carbocycles. The standard InChI is InChI=1S/C30H34BrClN2O3/c1-5-21-14-15-27(25(31)17-21)37-20-28(35)34(19-23-12-9-13-24(32)16-23)26(29(36)33-30(2,3)4)18-22-10-7-6-8-11-22/h6-17,26H,5,18-20H2,1-4H3,(H,33,36)/t26-/m1/s1. The minimum absolute atomic E-state index is 0.210.